The van der Waals surface area contributed by atoms with Gasteiger partial charge < -0.3 is 14.4 Å². The zero-order valence-electron chi connectivity index (χ0n) is 12.3. The Labute approximate surface area is 128 Å². The number of carbonyl (C=O) groups is 1. The summed E-state index contributed by atoms with van der Waals surface area (Å²) >= 11 is 0. The fraction of sp³-hybridized carbons (Fsp3) is 0.600. The van der Waals surface area contributed by atoms with Crippen LogP contribution in [0.3, 0.4) is 0 Å². The molecular weight excluding hydrogens is 284 g/mol. The predicted octanol–water partition coefficient (Wildman–Crippen LogP) is 0.755. The second-order valence-electron chi connectivity index (χ2n) is 5.52. The Kier molecular flexibility index (Phi) is 4.49. The monoisotopic (exact) mass is 302 g/mol. The highest BCUT2D eigenvalue weighted by Gasteiger charge is 2.33. The summed E-state index contributed by atoms with van der Waals surface area (Å²) in [5, 5.41) is 8.99. The van der Waals surface area contributed by atoms with E-state index < -0.39 is 0 Å². The molecule has 0 N–H and O–H groups in total. The van der Waals surface area contributed by atoms with Gasteiger partial charge in [-0.05, 0) is 12.8 Å². The van der Waals surface area contributed by atoms with E-state index in [1.54, 1.807) is 0 Å². The molecule has 0 aromatic carbocycles. The summed E-state index contributed by atoms with van der Waals surface area (Å²) in [7, 11) is 0. The van der Waals surface area contributed by atoms with Crippen molar-refractivity contribution in [2.75, 3.05) is 26.3 Å². The minimum Gasteiger partial charge on any atom is -0.470 e. The van der Waals surface area contributed by atoms with Crippen molar-refractivity contribution in [3.63, 3.8) is 0 Å². The van der Waals surface area contributed by atoms with Crippen molar-refractivity contribution in [3.8, 4) is 11.9 Å². The fourth-order valence-electron chi connectivity index (χ4n) is 2.87. The SMILES string of the molecule is N#Cc1nccnc1OC1CCN(C(=O)C2CCOCC2)C1. The number of hydrogen-bond acceptors (Lipinski definition) is 6. The van der Waals surface area contributed by atoms with Gasteiger partial charge in [0.15, 0.2) is 0 Å². The quantitative estimate of drug-likeness (QED) is 0.819. The number of amides is 1. The van der Waals surface area contributed by atoms with Gasteiger partial charge in [-0.15, -0.1) is 0 Å². The average molecular weight is 302 g/mol. The lowest BCUT2D eigenvalue weighted by Crippen LogP contribution is -2.38. The normalized spacial score (nSPS) is 22.3. The molecule has 7 nitrogen and oxygen atoms in total. The summed E-state index contributed by atoms with van der Waals surface area (Å²) < 4.78 is 11.0. The summed E-state index contributed by atoms with van der Waals surface area (Å²) in [4.78, 5) is 22.3. The predicted molar refractivity (Wildman–Crippen MR) is 75.9 cm³/mol. The molecule has 0 aliphatic carbocycles. The molecule has 2 aliphatic rings. The topological polar surface area (TPSA) is 88.3 Å². The van der Waals surface area contributed by atoms with E-state index >= 15 is 0 Å². The molecule has 2 saturated heterocycles. The molecule has 2 aliphatic heterocycles. The number of rotatable bonds is 3. The van der Waals surface area contributed by atoms with Crippen LogP contribution in [0.15, 0.2) is 12.4 Å². The minimum atomic E-state index is -0.132. The Balaban J connectivity index is 1.58. The highest BCUT2D eigenvalue weighted by molar-refractivity contribution is 5.79. The zero-order valence-corrected chi connectivity index (χ0v) is 12.3. The van der Waals surface area contributed by atoms with Gasteiger partial charge in [0.05, 0.1) is 6.54 Å². The summed E-state index contributed by atoms with van der Waals surface area (Å²) in [6, 6.07) is 1.96. The van der Waals surface area contributed by atoms with Gasteiger partial charge in [-0.25, -0.2) is 9.97 Å². The highest BCUT2D eigenvalue weighted by atomic mass is 16.5. The lowest BCUT2D eigenvalue weighted by molar-refractivity contribution is -0.137. The van der Waals surface area contributed by atoms with Gasteiger partial charge in [0, 0.05) is 44.5 Å². The van der Waals surface area contributed by atoms with Crippen LogP contribution < -0.4 is 4.74 Å². The summed E-state index contributed by atoms with van der Waals surface area (Å²) in [5.41, 5.74) is 0.178. The number of carbonyl (C=O) groups excluding carboxylic acids is 1. The second kappa shape index (κ2) is 6.71. The van der Waals surface area contributed by atoms with Crippen molar-refractivity contribution in [1.29, 1.82) is 5.26 Å². The number of nitriles is 1. The molecule has 0 spiro atoms. The molecule has 1 aromatic heterocycles. The third-order valence-electron chi connectivity index (χ3n) is 4.08. The van der Waals surface area contributed by atoms with Crippen LogP contribution in [-0.4, -0.2) is 53.2 Å². The van der Waals surface area contributed by atoms with E-state index in [4.69, 9.17) is 14.7 Å². The lowest BCUT2D eigenvalue weighted by atomic mass is 9.99. The van der Waals surface area contributed by atoms with Crippen LogP contribution in [0.1, 0.15) is 25.0 Å². The van der Waals surface area contributed by atoms with Gasteiger partial charge in [-0.2, -0.15) is 5.26 Å². The van der Waals surface area contributed by atoms with E-state index in [9.17, 15) is 4.79 Å². The van der Waals surface area contributed by atoms with Crippen LogP contribution in [0.2, 0.25) is 0 Å². The summed E-state index contributed by atoms with van der Waals surface area (Å²) in [5.74, 6) is 0.503. The molecule has 1 amide bonds. The van der Waals surface area contributed by atoms with E-state index in [1.165, 1.54) is 12.4 Å². The van der Waals surface area contributed by atoms with Gasteiger partial charge >= 0.3 is 0 Å². The average Bonchev–Trinajstić information content (AvgIpc) is 3.04. The first kappa shape index (κ1) is 14.7. The summed E-state index contributed by atoms with van der Waals surface area (Å²) in [6.45, 7) is 2.55. The first-order valence-electron chi connectivity index (χ1n) is 7.52. The molecule has 7 heteroatoms. The summed E-state index contributed by atoms with van der Waals surface area (Å²) in [6.07, 6.45) is 5.16. The molecule has 22 heavy (non-hydrogen) atoms. The van der Waals surface area contributed by atoms with Crippen molar-refractivity contribution in [2.24, 2.45) is 5.92 Å². The van der Waals surface area contributed by atoms with E-state index in [1.807, 2.05) is 11.0 Å². The van der Waals surface area contributed by atoms with E-state index in [2.05, 4.69) is 9.97 Å². The third kappa shape index (κ3) is 3.17. The third-order valence-corrected chi connectivity index (χ3v) is 4.08. The number of hydrogen-bond donors (Lipinski definition) is 0. The Morgan fingerprint density at radius 1 is 1.32 bits per heavy atom. The van der Waals surface area contributed by atoms with Crippen molar-refractivity contribution in [1.82, 2.24) is 14.9 Å². The Morgan fingerprint density at radius 2 is 2.09 bits per heavy atom. The van der Waals surface area contributed by atoms with Crippen LogP contribution in [0.4, 0.5) is 0 Å². The van der Waals surface area contributed by atoms with Crippen molar-refractivity contribution in [2.45, 2.75) is 25.4 Å². The molecule has 0 bridgehead atoms. The maximum Gasteiger partial charge on any atom is 0.251 e. The van der Waals surface area contributed by atoms with Gasteiger partial charge in [-0.3, -0.25) is 4.79 Å². The standard InChI is InChI=1S/C15H18N4O3/c16-9-13-14(18-5-4-17-13)22-12-1-6-19(10-12)15(20)11-2-7-21-8-3-11/h4-5,11-12H,1-3,6-8,10H2. The molecule has 1 unspecified atom stereocenters. The molecule has 0 radical (unpaired) electrons. The van der Waals surface area contributed by atoms with Gasteiger partial charge in [0.2, 0.25) is 11.6 Å². The minimum absolute atomic E-state index is 0.0682. The van der Waals surface area contributed by atoms with E-state index in [0.29, 0.717) is 26.3 Å². The number of ether oxygens (including phenoxy) is 2. The van der Waals surface area contributed by atoms with Crippen LogP contribution >= 0.6 is 0 Å². The first-order chi connectivity index (χ1) is 10.8. The molecule has 116 valence electrons. The second-order valence-corrected chi connectivity index (χ2v) is 5.52. The van der Waals surface area contributed by atoms with Crippen molar-refractivity contribution >= 4 is 5.91 Å². The Hall–Kier alpha value is -2.20. The van der Waals surface area contributed by atoms with Crippen LogP contribution in [-0.2, 0) is 9.53 Å². The van der Waals surface area contributed by atoms with E-state index in [0.717, 1.165) is 19.3 Å². The number of nitrogens with zero attached hydrogens (tertiary/aromatic N) is 4. The Morgan fingerprint density at radius 3 is 2.86 bits per heavy atom. The molecule has 3 heterocycles. The van der Waals surface area contributed by atoms with Gasteiger partial charge in [-0.1, -0.05) is 0 Å². The highest BCUT2D eigenvalue weighted by Crippen LogP contribution is 2.23. The molecule has 1 aromatic rings. The first-order valence-corrected chi connectivity index (χ1v) is 7.52. The number of likely N-dealkylation sites (tertiary alicyclic amines) is 1. The largest absolute Gasteiger partial charge is 0.470 e. The lowest BCUT2D eigenvalue weighted by Gasteiger charge is -2.26. The van der Waals surface area contributed by atoms with Crippen LogP contribution in [0.25, 0.3) is 0 Å². The smallest absolute Gasteiger partial charge is 0.251 e. The van der Waals surface area contributed by atoms with Crippen LogP contribution in [0, 0.1) is 17.2 Å². The maximum absolute atomic E-state index is 12.5. The van der Waals surface area contributed by atoms with Gasteiger partial charge in [0.1, 0.15) is 12.2 Å². The molecular formula is C15H18N4O3. The number of aromatic nitrogens is 2. The Bertz CT molecular complexity index is 580. The van der Waals surface area contributed by atoms with Crippen molar-refractivity contribution in [3.05, 3.63) is 18.1 Å². The molecule has 0 saturated carbocycles. The van der Waals surface area contributed by atoms with E-state index in [-0.39, 0.29) is 29.5 Å². The zero-order chi connectivity index (χ0) is 15.4. The van der Waals surface area contributed by atoms with Gasteiger partial charge in [0.25, 0.3) is 5.88 Å². The molecule has 3 rings (SSSR count). The van der Waals surface area contributed by atoms with Crippen LogP contribution in [0.5, 0.6) is 5.88 Å². The van der Waals surface area contributed by atoms with Crippen molar-refractivity contribution < 1.29 is 14.3 Å². The fourth-order valence-corrected chi connectivity index (χ4v) is 2.87. The molecule has 1 atom stereocenters. The molecule has 2 fully saturated rings. The maximum atomic E-state index is 12.5.